The van der Waals surface area contributed by atoms with Crippen molar-refractivity contribution in [3.63, 3.8) is 0 Å². The molecule has 1 aliphatic rings. The van der Waals surface area contributed by atoms with Crippen LogP contribution < -0.4 is 19.6 Å². The first-order valence-corrected chi connectivity index (χ1v) is 10.1. The van der Waals surface area contributed by atoms with Crippen LogP contribution in [0.4, 0.5) is 0 Å². The van der Waals surface area contributed by atoms with Gasteiger partial charge in [-0.25, -0.2) is 9.79 Å². The van der Waals surface area contributed by atoms with Crippen molar-refractivity contribution >= 4 is 23.4 Å². The van der Waals surface area contributed by atoms with Crippen molar-refractivity contribution in [3.8, 4) is 5.75 Å². The zero-order valence-corrected chi connectivity index (χ0v) is 17.6. The average Bonchev–Trinajstić information content (AvgIpc) is 3.07. The molecule has 0 aliphatic carbocycles. The maximum Gasteiger partial charge on any atom is 0.338 e. The summed E-state index contributed by atoms with van der Waals surface area (Å²) >= 11 is 1.30. The Hall–Kier alpha value is -3.45. The third kappa shape index (κ3) is 3.48. The van der Waals surface area contributed by atoms with E-state index in [0.717, 1.165) is 11.1 Å². The molecule has 0 N–H and O–H groups in total. The maximum atomic E-state index is 13.4. The third-order valence-electron chi connectivity index (χ3n) is 4.93. The molecule has 0 spiro atoms. The van der Waals surface area contributed by atoms with E-state index in [-0.39, 0.29) is 5.56 Å². The fourth-order valence-corrected chi connectivity index (χ4v) is 4.57. The number of thiazole rings is 1. The number of rotatable bonds is 4. The Morgan fingerprint density at radius 1 is 1.13 bits per heavy atom. The lowest BCUT2D eigenvalue weighted by Gasteiger charge is -2.24. The van der Waals surface area contributed by atoms with Crippen LogP contribution in [0.5, 0.6) is 5.75 Å². The van der Waals surface area contributed by atoms with Crippen molar-refractivity contribution in [2.24, 2.45) is 4.99 Å². The van der Waals surface area contributed by atoms with Crippen molar-refractivity contribution in [1.29, 1.82) is 0 Å². The van der Waals surface area contributed by atoms with E-state index >= 15 is 0 Å². The molecule has 1 aromatic heterocycles. The topological polar surface area (TPSA) is 69.9 Å². The first kappa shape index (κ1) is 19.8. The average molecular weight is 420 g/mol. The van der Waals surface area contributed by atoms with Gasteiger partial charge in [-0.05, 0) is 36.3 Å². The molecule has 0 saturated carbocycles. The van der Waals surface area contributed by atoms with Gasteiger partial charge in [0.15, 0.2) is 4.80 Å². The molecule has 1 aliphatic heterocycles. The van der Waals surface area contributed by atoms with Crippen molar-refractivity contribution < 1.29 is 14.3 Å². The van der Waals surface area contributed by atoms with Gasteiger partial charge in [-0.2, -0.15) is 0 Å². The van der Waals surface area contributed by atoms with Crippen LogP contribution in [-0.2, 0) is 9.53 Å². The number of methoxy groups -OCH3 is 2. The second-order valence-corrected chi connectivity index (χ2v) is 7.77. The number of esters is 1. The van der Waals surface area contributed by atoms with Gasteiger partial charge in [0, 0.05) is 0 Å². The van der Waals surface area contributed by atoms with E-state index in [2.05, 4.69) is 4.99 Å². The molecular formula is C23H20N2O4S. The number of aromatic nitrogens is 1. The number of hydrogen-bond acceptors (Lipinski definition) is 6. The second-order valence-electron chi connectivity index (χ2n) is 6.76. The normalized spacial score (nSPS) is 16.1. The minimum Gasteiger partial charge on any atom is -0.497 e. The number of carbonyl (C=O) groups is 1. The molecule has 4 rings (SSSR count). The zero-order chi connectivity index (χ0) is 21.3. The molecule has 0 saturated heterocycles. The summed E-state index contributed by atoms with van der Waals surface area (Å²) in [5.74, 6) is 0.124. The van der Waals surface area contributed by atoms with Crippen LogP contribution >= 0.6 is 11.3 Å². The Morgan fingerprint density at radius 2 is 1.90 bits per heavy atom. The van der Waals surface area contributed by atoms with Gasteiger partial charge in [-0.3, -0.25) is 9.36 Å². The molecule has 6 nitrogen and oxygen atoms in total. The number of ether oxygens (including phenoxy) is 2. The second kappa shape index (κ2) is 8.12. The largest absolute Gasteiger partial charge is 0.497 e. The van der Waals surface area contributed by atoms with Gasteiger partial charge in [0.1, 0.15) is 5.75 Å². The Balaban J connectivity index is 1.99. The predicted octanol–water partition coefficient (Wildman–Crippen LogP) is 2.42. The summed E-state index contributed by atoms with van der Waals surface area (Å²) in [5, 5.41) is 0. The summed E-state index contributed by atoms with van der Waals surface area (Å²) in [7, 11) is 2.90. The summed E-state index contributed by atoms with van der Waals surface area (Å²) in [4.78, 5) is 31.1. The highest BCUT2D eigenvalue weighted by Gasteiger charge is 2.33. The monoisotopic (exact) mass is 420 g/mol. The Bertz CT molecular complexity index is 1320. The maximum absolute atomic E-state index is 13.4. The fraction of sp³-hybridized carbons (Fsp3) is 0.174. The first-order valence-electron chi connectivity index (χ1n) is 9.33. The van der Waals surface area contributed by atoms with Crippen LogP contribution in [0, 0.1) is 0 Å². The lowest BCUT2D eigenvalue weighted by atomic mass is 9.96. The quantitative estimate of drug-likeness (QED) is 0.608. The molecule has 152 valence electrons. The van der Waals surface area contributed by atoms with Crippen LogP contribution in [0.2, 0.25) is 0 Å². The molecule has 1 atom stereocenters. The lowest BCUT2D eigenvalue weighted by molar-refractivity contribution is -0.136. The van der Waals surface area contributed by atoms with Gasteiger partial charge in [0.05, 0.1) is 36.1 Å². The van der Waals surface area contributed by atoms with Gasteiger partial charge in [-0.15, -0.1) is 0 Å². The van der Waals surface area contributed by atoms with Crippen molar-refractivity contribution in [2.45, 2.75) is 13.0 Å². The van der Waals surface area contributed by atoms with Gasteiger partial charge < -0.3 is 9.47 Å². The van der Waals surface area contributed by atoms with Crippen LogP contribution in [0.25, 0.3) is 6.08 Å². The lowest BCUT2D eigenvalue weighted by Crippen LogP contribution is -2.39. The summed E-state index contributed by atoms with van der Waals surface area (Å²) in [5.41, 5.74) is 2.33. The van der Waals surface area contributed by atoms with Gasteiger partial charge >= 0.3 is 5.97 Å². The standard InChI is InChI=1S/C23H20N2O4S/c1-14-19(22(27)29-3)20(16-10-7-11-17(13-16)28-2)25-21(26)18(30-23(25)24-14)12-15-8-5-4-6-9-15/h4-13,20H,1-3H3/b18-12-/t20-/m0/s1. The van der Waals surface area contributed by atoms with E-state index in [1.54, 1.807) is 18.6 Å². The number of allylic oxidation sites excluding steroid dienone is 1. The molecular weight excluding hydrogens is 400 g/mol. The van der Waals surface area contributed by atoms with Gasteiger partial charge in [0.25, 0.3) is 5.56 Å². The SMILES string of the molecule is COC(=O)C1=C(C)N=c2s/c(=C\c3ccccc3)c(=O)n2[C@H]1c1cccc(OC)c1. The third-order valence-corrected chi connectivity index (χ3v) is 5.92. The molecule has 0 unspecified atom stereocenters. The number of carbonyl (C=O) groups excluding carboxylic acids is 1. The van der Waals surface area contributed by atoms with Crippen molar-refractivity contribution in [1.82, 2.24) is 4.57 Å². The van der Waals surface area contributed by atoms with Crippen LogP contribution in [0.3, 0.4) is 0 Å². The van der Waals surface area contributed by atoms with Crippen molar-refractivity contribution in [3.05, 3.63) is 96.7 Å². The number of hydrogen-bond donors (Lipinski definition) is 0. The van der Waals surface area contributed by atoms with E-state index in [1.807, 2.05) is 60.7 Å². The smallest absolute Gasteiger partial charge is 0.338 e. The van der Waals surface area contributed by atoms with Crippen LogP contribution in [0.15, 0.2) is 75.7 Å². The highest BCUT2D eigenvalue weighted by atomic mass is 32.1. The van der Waals surface area contributed by atoms with Crippen molar-refractivity contribution in [2.75, 3.05) is 14.2 Å². The summed E-state index contributed by atoms with van der Waals surface area (Å²) < 4.78 is 12.5. The molecule has 7 heteroatoms. The minimum atomic E-state index is -0.651. The molecule has 30 heavy (non-hydrogen) atoms. The molecule has 0 radical (unpaired) electrons. The van der Waals surface area contributed by atoms with Gasteiger partial charge in [-0.1, -0.05) is 53.8 Å². The number of nitrogens with zero attached hydrogens (tertiary/aromatic N) is 2. The molecule has 2 heterocycles. The Kier molecular flexibility index (Phi) is 5.37. The zero-order valence-electron chi connectivity index (χ0n) is 16.8. The fourth-order valence-electron chi connectivity index (χ4n) is 3.52. The van der Waals surface area contributed by atoms with Crippen LogP contribution in [0.1, 0.15) is 24.1 Å². The van der Waals surface area contributed by atoms with E-state index in [0.29, 0.717) is 26.4 Å². The Morgan fingerprint density at radius 3 is 2.60 bits per heavy atom. The molecule has 0 amide bonds. The van der Waals surface area contributed by atoms with E-state index < -0.39 is 12.0 Å². The highest BCUT2D eigenvalue weighted by Crippen LogP contribution is 2.32. The molecule has 0 bridgehead atoms. The Labute approximate surface area is 177 Å². The summed E-state index contributed by atoms with van der Waals surface area (Å²) in [6.07, 6.45) is 1.84. The minimum absolute atomic E-state index is 0.204. The van der Waals surface area contributed by atoms with E-state index in [4.69, 9.17) is 9.47 Å². The first-order chi connectivity index (χ1) is 14.5. The van der Waals surface area contributed by atoms with Gasteiger partial charge in [0.2, 0.25) is 0 Å². The highest BCUT2D eigenvalue weighted by molar-refractivity contribution is 7.07. The summed E-state index contributed by atoms with van der Waals surface area (Å²) in [6.45, 7) is 1.76. The predicted molar refractivity (Wildman–Crippen MR) is 115 cm³/mol. The summed E-state index contributed by atoms with van der Waals surface area (Å²) in [6, 6.07) is 16.3. The van der Waals surface area contributed by atoms with E-state index in [1.165, 1.54) is 18.4 Å². The molecule has 0 fully saturated rings. The number of benzene rings is 2. The number of fused-ring (bicyclic) bond motifs is 1. The molecule has 3 aromatic rings. The van der Waals surface area contributed by atoms with E-state index in [9.17, 15) is 9.59 Å². The molecule has 2 aromatic carbocycles. The van der Waals surface area contributed by atoms with Crippen LogP contribution in [-0.4, -0.2) is 24.8 Å².